The number of aryl methyl sites for hydroxylation is 1. The fraction of sp³-hybridized carbons (Fsp3) is 0.143. The zero-order chi connectivity index (χ0) is 21.6. The number of rotatable bonds is 8. The van der Waals surface area contributed by atoms with Crippen molar-refractivity contribution in [2.45, 2.75) is 18.7 Å². The Morgan fingerprint density at radius 2 is 1.87 bits per heavy atom. The van der Waals surface area contributed by atoms with Crippen molar-refractivity contribution in [2.24, 2.45) is 5.10 Å². The highest BCUT2D eigenvalue weighted by molar-refractivity contribution is 7.92. The lowest BCUT2D eigenvalue weighted by atomic mass is 10.2. The zero-order valence-electron chi connectivity index (χ0n) is 16.5. The minimum absolute atomic E-state index is 0.0624. The first-order valence-electron chi connectivity index (χ1n) is 9.13. The SMILES string of the molecule is CCOc1ccc(S(=O)(=O)Nc2ccccc2C(=O)N/N=C/c2sccc2C)cc1. The van der Waals surface area contributed by atoms with Crippen molar-refractivity contribution in [3.8, 4) is 5.75 Å². The van der Waals surface area contributed by atoms with Crippen LogP contribution in [-0.4, -0.2) is 27.1 Å². The summed E-state index contributed by atoms with van der Waals surface area (Å²) >= 11 is 1.51. The Labute approximate surface area is 179 Å². The summed E-state index contributed by atoms with van der Waals surface area (Å²) in [5, 5.41) is 5.90. The molecule has 0 aliphatic heterocycles. The van der Waals surface area contributed by atoms with Crippen molar-refractivity contribution in [1.29, 1.82) is 0 Å². The van der Waals surface area contributed by atoms with E-state index in [9.17, 15) is 13.2 Å². The van der Waals surface area contributed by atoms with Crippen molar-refractivity contribution >= 4 is 39.2 Å². The molecule has 0 spiro atoms. The Morgan fingerprint density at radius 1 is 1.13 bits per heavy atom. The molecule has 30 heavy (non-hydrogen) atoms. The molecule has 0 saturated heterocycles. The molecule has 3 aromatic rings. The maximum absolute atomic E-state index is 12.7. The Kier molecular flexibility index (Phi) is 6.86. The highest BCUT2D eigenvalue weighted by Gasteiger charge is 2.18. The van der Waals surface area contributed by atoms with E-state index in [0.717, 1.165) is 10.4 Å². The van der Waals surface area contributed by atoms with Gasteiger partial charge < -0.3 is 4.74 Å². The van der Waals surface area contributed by atoms with Gasteiger partial charge in [0.1, 0.15) is 5.75 Å². The quantitative estimate of drug-likeness (QED) is 0.406. The summed E-state index contributed by atoms with van der Waals surface area (Å²) in [5.74, 6) is 0.0560. The first-order valence-corrected chi connectivity index (χ1v) is 11.5. The van der Waals surface area contributed by atoms with Gasteiger partial charge in [0, 0.05) is 4.88 Å². The number of carbonyl (C=O) groups is 1. The predicted octanol–water partition coefficient (Wildman–Crippen LogP) is 4.02. The van der Waals surface area contributed by atoms with Crippen LogP contribution in [0.1, 0.15) is 27.7 Å². The average molecular weight is 444 g/mol. The van der Waals surface area contributed by atoms with Gasteiger partial charge in [-0.2, -0.15) is 5.10 Å². The van der Waals surface area contributed by atoms with E-state index in [1.165, 1.54) is 35.6 Å². The van der Waals surface area contributed by atoms with Gasteiger partial charge in [-0.15, -0.1) is 11.3 Å². The summed E-state index contributed by atoms with van der Waals surface area (Å²) in [5.41, 5.74) is 3.81. The number of anilines is 1. The third-order valence-corrected chi connectivity index (χ3v) is 6.45. The second kappa shape index (κ2) is 9.55. The van der Waals surface area contributed by atoms with Gasteiger partial charge in [0.2, 0.25) is 0 Å². The summed E-state index contributed by atoms with van der Waals surface area (Å²) in [6.45, 7) is 4.28. The molecule has 1 aromatic heterocycles. The van der Waals surface area contributed by atoms with Crippen molar-refractivity contribution in [1.82, 2.24) is 5.43 Å². The summed E-state index contributed by atoms with van der Waals surface area (Å²) in [6, 6.07) is 14.4. The lowest BCUT2D eigenvalue weighted by molar-refractivity contribution is 0.0956. The van der Waals surface area contributed by atoms with E-state index in [4.69, 9.17) is 4.74 Å². The first kappa shape index (κ1) is 21.5. The van der Waals surface area contributed by atoms with Crippen LogP contribution >= 0.6 is 11.3 Å². The number of para-hydroxylation sites is 1. The third-order valence-electron chi connectivity index (χ3n) is 4.11. The van der Waals surface area contributed by atoms with E-state index in [-0.39, 0.29) is 16.1 Å². The number of amides is 1. The van der Waals surface area contributed by atoms with E-state index in [1.54, 1.807) is 30.5 Å². The normalized spacial score (nSPS) is 11.4. The second-order valence-corrected chi connectivity index (χ2v) is 8.85. The number of hydrazone groups is 1. The molecule has 0 bridgehead atoms. The van der Waals surface area contributed by atoms with Crippen LogP contribution in [0.3, 0.4) is 0 Å². The van der Waals surface area contributed by atoms with Crippen LogP contribution in [-0.2, 0) is 10.0 Å². The van der Waals surface area contributed by atoms with Crippen molar-refractivity contribution in [3.63, 3.8) is 0 Å². The number of hydrogen-bond acceptors (Lipinski definition) is 6. The average Bonchev–Trinajstić information content (AvgIpc) is 3.13. The number of benzene rings is 2. The second-order valence-electron chi connectivity index (χ2n) is 6.22. The highest BCUT2D eigenvalue weighted by atomic mass is 32.2. The number of nitrogens with one attached hydrogen (secondary N) is 2. The van der Waals surface area contributed by atoms with Crippen LogP contribution in [0.2, 0.25) is 0 Å². The maximum Gasteiger partial charge on any atom is 0.273 e. The van der Waals surface area contributed by atoms with Crippen molar-refractivity contribution in [3.05, 3.63) is 76.0 Å². The molecule has 0 aliphatic rings. The van der Waals surface area contributed by atoms with E-state index >= 15 is 0 Å². The van der Waals surface area contributed by atoms with Crippen LogP contribution in [0.15, 0.2) is 70.0 Å². The molecule has 0 fully saturated rings. The summed E-state index contributed by atoms with van der Waals surface area (Å²) in [6.07, 6.45) is 1.56. The Bertz CT molecular complexity index is 1150. The van der Waals surface area contributed by atoms with Crippen LogP contribution in [0.5, 0.6) is 5.75 Å². The number of sulfonamides is 1. The van der Waals surface area contributed by atoms with E-state index in [0.29, 0.717) is 12.4 Å². The summed E-state index contributed by atoms with van der Waals surface area (Å²) in [7, 11) is -3.88. The Morgan fingerprint density at radius 3 is 2.53 bits per heavy atom. The molecule has 0 atom stereocenters. The lowest BCUT2D eigenvalue weighted by Crippen LogP contribution is -2.21. The fourth-order valence-electron chi connectivity index (χ4n) is 2.58. The lowest BCUT2D eigenvalue weighted by Gasteiger charge is -2.12. The van der Waals surface area contributed by atoms with Crippen LogP contribution < -0.4 is 14.9 Å². The van der Waals surface area contributed by atoms with Crippen LogP contribution in [0.25, 0.3) is 0 Å². The largest absolute Gasteiger partial charge is 0.494 e. The minimum atomic E-state index is -3.88. The van der Waals surface area contributed by atoms with E-state index < -0.39 is 15.9 Å². The van der Waals surface area contributed by atoms with Gasteiger partial charge in [0.15, 0.2) is 0 Å². The van der Waals surface area contributed by atoms with Gasteiger partial charge in [-0.25, -0.2) is 13.8 Å². The molecule has 3 rings (SSSR count). The highest BCUT2D eigenvalue weighted by Crippen LogP contribution is 2.22. The molecule has 1 amide bonds. The molecule has 1 heterocycles. The minimum Gasteiger partial charge on any atom is -0.494 e. The molecule has 9 heteroatoms. The van der Waals surface area contributed by atoms with E-state index in [1.807, 2.05) is 25.3 Å². The number of hydrogen-bond donors (Lipinski definition) is 2. The van der Waals surface area contributed by atoms with Crippen molar-refractivity contribution < 1.29 is 17.9 Å². The zero-order valence-corrected chi connectivity index (χ0v) is 18.1. The molecule has 0 unspecified atom stereocenters. The molecule has 2 aromatic carbocycles. The summed E-state index contributed by atoms with van der Waals surface area (Å²) < 4.78 is 33.3. The Balaban J connectivity index is 1.76. The molecular weight excluding hydrogens is 422 g/mol. The van der Waals surface area contributed by atoms with Gasteiger partial charge in [-0.05, 0) is 67.3 Å². The van der Waals surface area contributed by atoms with Crippen LogP contribution in [0.4, 0.5) is 5.69 Å². The number of thiophene rings is 1. The predicted molar refractivity (Wildman–Crippen MR) is 119 cm³/mol. The third kappa shape index (κ3) is 5.25. The monoisotopic (exact) mass is 443 g/mol. The standard InChI is InChI=1S/C21H21N3O4S2/c1-3-28-16-8-10-17(11-9-16)30(26,27)24-19-7-5-4-6-18(19)21(25)23-22-14-20-15(2)12-13-29-20/h4-14,24H,3H2,1-2H3,(H,23,25)/b22-14+. The van der Waals surface area contributed by atoms with E-state index in [2.05, 4.69) is 15.2 Å². The van der Waals surface area contributed by atoms with Gasteiger partial charge >= 0.3 is 0 Å². The summed E-state index contributed by atoms with van der Waals surface area (Å²) in [4.78, 5) is 13.5. The van der Waals surface area contributed by atoms with Gasteiger partial charge in [-0.1, -0.05) is 12.1 Å². The maximum atomic E-state index is 12.7. The molecule has 2 N–H and O–H groups in total. The Hall–Kier alpha value is -3.17. The van der Waals surface area contributed by atoms with Crippen molar-refractivity contribution in [2.75, 3.05) is 11.3 Å². The number of nitrogens with zero attached hydrogens (tertiary/aromatic N) is 1. The van der Waals surface area contributed by atoms with Gasteiger partial charge in [0.05, 0.1) is 29.0 Å². The van der Waals surface area contributed by atoms with Crippen LogP contribution in [0, 0.1) is 6.92 Å². The molecule has 0 aliphatic carbocycles. The topological polar surface area (TPSA) is 96.9 Å². The molecule has 7 nitrogen and oxygen atoms in total. The van der Waals surface area contributed by atoms with Gasteiger partial charge in [0.25, 0.3) is 15.9 Å². The number of ether oxygens (including phenoxy) is 1. The fourth-order valence-corrected chi connectivity index (χ4v) is 4.45. The molecule has 0 saturated carbocycles. The molecule has 156 valence electrons. The molecule has 0 radical (unpaired) electrons. The van der Waals surface area contributed by atoms with Gasteiger partial charge in [-0.3, -0.25) is 9.52 Å². The first-order chi connectivity index (χ1) is 14.4. The number of carbonyl (C=O) groups excluding carboxylic acids is 1. The smallest absolute Gasteiger partial charge is 0.273 e. The molecular formula is C21H21N3O4S2.